The van der Waals surface area contributed by atoms with Crippen LogP contribution in [0.4, 0.5) is 5.69 Å². The predicted molar refractivity (Wildman–Crippen MR) is 68.4 cm³/mol. The maximum Gasteiger partial charge on any atom is 0.147 e. The number of aliphatic imine (C=N–C) groups is 2. The highest BCUT2D eigenvalue weighted by atomic mass is 15.3. The summed E-state index contributed by atoms with van der Waals surface area (Å²) in [6.07, 6.45) is 5.68. The van der Waals surface area contributed by atoms with E-state index in [1.807, 2.05) is 18.6 Å². The van der Waals surface area contributed by atoms with Crippen molar-refractivity contribution in [2.75, 3.05) is 11.9 Å². The lowest BCUT2D eigenvalue weighted by atomic mass is 9.94. The van der Waals surface area contributed by atoms with E-state index in [0.29, 0.717) is 6.04 Å². The van der Waals surface area contributed by atoms with Crippen molar-refractivity contribution in [1.29, 1.82) is 0 Å². The Morgan fingerprint density at radius 1 is 1.29 bits per heavy atom. The zero-order chi connectivity index (χ0) is 11.2. The van der Waals surface area contributed by atoms with Gasteiger partial charge in [0.15, 0.2) is 0 Å². The molecule has 3 heterocycles. The molecule has 2 atom stereocenters. The molecule has 1 N–H and O–H groups in total. The highest BCUT2D eigenvalue weighted by Gasteiger charge is 2.39. The Morgan fingerprint density at radius 3 is 3.24 bits per heavy atom. The molecule has 1 aromatic carbocycles. The number of rotatable bonds is 0. The van der Waals surface area contributed by atoms with Gasteiger partial charge in [0.1, 0.15) is 5.84 Å². The monoisotopic (exact) mass is 224 g/mol. The topological polar surface area (TPSA) is 40.0 Å². The number of para-hydroxylation sites is 1. The summed E-state index contributed by atoms with van der Waals surface area (Å²) in [7, 11) is 0. The highest BCUT2D eigenvalue weighted by Crippen LogP contribution is 2.39. The Balaban J connectivity index is 1.84. The molecule has 0 radical (unpaired) electrons. The quantitative estimate of drug-likeness (QED) is 0.729. The zero-order valence-electron chi connectivity index (χ0n) is 9.24. The molecule has 4 nitrogen and oxygen atoms in total. The number of hydrogen-bond acceptors (Lipinski definition) is 4. The average molecular weight is 224 g/mol. The summed E-state index contributed by atoms with van der Waals surface area (Å²) in [5.74, 6) is 0.973. The van der Waals surface area contributed by atoms with Crippen molar-refractivity contribution in [2.24, 2.45) is 9.98 Å². The van der Waals surface area contributed by atoms with E-state index < -0.39 is 0 Å². The van der Waals surface area contributed by atoms with Crippen LogP contribution in [0.3, 0.4) is 0 Å². The van der Waals surface area contributed by atoms with E-state index in [1.165, 1.54) is 11.3 Å². The van der Waals surface area contributed by atoms with Crippen LogP contribution in [0.1, 0.15) is 11.6 Å². The number of nitrogens with zero attached hydrogens (tertiary/aromatic N) is 3. The van der Waals surface area contributed by atoms with Crippen molar-refractivity contribution < 1.29 is 0 Å². The van der Waals surface area contributed by atoms with Gasteiger partial charge in [-0.25, -0.2) is 0 Å². The average Bonchev–Trinajstić information content (AvgIpc) is 2.77. The lowest BCUT2D eigenvalue weighted by Gasteiger charge is -2.33. The number of anilines is 1. The molecule has 0 aliphatic carbocycles. The van der Waals surface area contributed by atoms with Gasteiger partial charge in [0, 0.05) is 30.2 Å². The third-order valence-corrected chi connectivity index (χ3v) is 3.51. The van der Waals surface area contributed by atoms with Crippen LogP contribution in [0.25, 0.3) is 0 Å². The third-order valence-electron chi connectivity index (χ3n) is 3.51. The van der Waals surface area contributed by atoms with Gasteiger partial charge < -0.3 is 10.2 Å². The van der Waals surface area contributed by atoms with Crippen LogP contribution in [0.15, 0.2) is 46.7 Å². The van der Waals surface area contributed by atoms with Crippen LogP contribution in [-0.4, -0.2) is 29.5 Å². The van der Waals surface area contributed by atoms with Crippen LogP contribution in [0.2, 0.25) is 0 Å². The molecule has 0 aromatic heterocycles. The van der Waals surface area contributed by atoms with Crippen molar-refractivity contribution >= 4 is 17.7 Å². The lowest BCUT2D eigenvalue weighted by molar-refractivity contribution is 0.390. The first-order valence-corrected chi connectivity index (χ1v) is 5.82. The molecule has 0 fully saturated rings. The van der Waals surface area contributed by atoms with Crippen molar-refractivity contribution in [3.63, 3.8) is 0 Å². The molecule has 2 unspecified atom stereocenters. The highest BCUT2D eigenvalue weighted by molar-refractivity contribution is 6.31. The minimum atomic E-state index is 0.286. The molecule has 3 aliphatic heterocycles. The molecule has 0 bridgehead atoms. The maximum atomic E-state index is 4.71. The minimum absolute atomic E-state index is 0.286. The number of nitrogens with one attached hydrogen (secondary N) is 1. The van der Waals surface area contributed by atoms with E-state index in [9.17, 15) is 0 Å². The van der Waals surface area contributed by atoms with Crippen LogP contribution in [-0.2, 0) is 0 Å². The summed E-state index contributed by atoms with van der Waals surface area (Å²) < 4.78 is 0. The summed E-state index contributed by atoms with van der Waals surface area (Å²) >= 11 is 0. The normalized spacial score (nSPS) is 28.0. The molecule has 0 saturated heterocycles. The summed E-state index contributed by atoms with van der Waals surface area (Å²) in [6.45, 7) is 0.892. The van der Waals surface area contributed by atoms with Gasteiger partial charge in [-0.15, -0.1) is 0 Å². The maximum absolute atomic E-state index is 4.71. The van der Waals surface area contributed by atoms with E-state index >= 15 is 0 Å². The van der Waals surface area contributed by atoms with Crippen LogP contribution >= 0.6 is 0 Å². The SMILES string of the molecule is C1=CN2C(=NC3CNc4ccccc4C32)C=N1. The Morgan fingerprint density at radius 2 is 2.24 bits per heavy atom. The standard InChI is InChI=1S/C13H12N4/c1-2-4-10-9(3-1)13-11(7-15-10)16-12-8-14-5-6-17(12)13/h1-6,8,11,13,15H,7H2. The van der Waals surface area contributed by atoms with Crippen LogP contribution < -0.4 is 5.32 Å². The number of hydrogen-bond donors (Lipinski definition) is 1. The molecule has 1 aromatic rings. The molecule has 3 aliphatic rings. The van der Waals surface area contributed by atoms with Gasteiger partial charge in [-0.1, -0.05) is 18.2 Å². The minimum Gasteiger partial charge on any atom is -0.383 e. The number of amidine groups is 1. The van der Waals surface area contributed by atoms with Gasteiger partial charge in [-0.05, 0) is 6.07 Å². The largest absolute Gasteiger partial charge is 0.383 e. The molecular formula is C13H12N4. The van der Waals surface area contributed by atoms with Crippen LogP contribution in [0.5, 0.6) is 0 Å². The van der Waals surface area contributed by atoms with Crippen molar-refractivity contribution in [3.8, 4) is 0 Å². The first kappa shape index (κ1) is 8.98. The van der Waals surface area contributed by atoms with Gasteiger partial charge in [0.25, 0.3) is 0 Å². The van der Waals surface area contributed by atoms with Crippen molar-refractivity contribution in [1.82, 2.24) is 4.90 Å². The summed E-state index contributed by atoms with van der Waals surface area (Å²) in [5, 5.41) is 3.44. The molecule has 4 rings (SSSR count). The molecule has 0 amide bonds. The fourth-order valence-corrected chi connectivity index (χ4v) is 2.77. The second-order valence-corrected chi connectivity index (χ2v) is 4.45. The fourth-order valence-electron chi connectivity index (χ4n) is 2.77. The van der Waals surface area contributed by atoms with E-state index in [2.05, 4.69) is 39.5 Å². The lowest BCUT2D eigenvalue weighted by Crippen LogP contribution is -2.36. The first-order valence-electron chi connectivity index (χ1n) is 5.82. The smallest absolute Gasteiger partial charge is 0.147 e. The van der Waals surface area contributed by atoms with Crippen LogP contribution in [0, 0.1) is 0 Å². The molecule has 0 spiro atoms. The molecule has 4 heteroatoms. The number of fused-ring (bicyclic) bond motifs is 5. The van der Waals surface area contributed by atoms with E-state index in [1.54, 1.807) is 0 Å². The Kier molecular flexibility index (Phi) is 1.69. The Labute approximate surface area is 99.4 Å². The van der Waals surface area contributed by atoms with Gasteiger partial charge in [-0.3, -0.25) is 9.98 Å². The van der Waals surface area contributed by atoms with Gasteiger partial charge in [-0.2, -0.15) is 0 Å². The molecular weight excluding hydrogens is 212 g/mol. The Hall–Kier alpha value is -2.10. The summed E-state index contributed by atoms with van der Waals surface area (Å²) in [5.41, 5.74) is 2.54. The van der Waals surface area contributed by atoms with Gasteiger partial charge >= 0.3 is 0 Å². The molecule has 84 valence electrons. The predicted octanol–water partition coefficient (Wildman–Crippen LogP) is 1.79. The fraction of sp³-hybridized carbons (Fsp3) is 0.231. The second kappa shape index (κ2) is 3.20. The van der Waals surface area contributed by atoms with E-state index in [4.69, 9.17) is 4.99 Å². The third kappa shape index (κ3) is 1.18. The van der Waals surface area contributed by atoms with Gasteiger partial charge in [0.2, 0.25) is 0 Å². The first-order chi connectivity index (χ1) is 8.43. The van der Waals surface area contributed by atoms with E-state index in [-0.39, 0.29) is 6.04 Å². The number of benzene rings is 1. The molecule has 0 saturated carbocycles. The van der Waals surface area contributed by atoms with Gasteiger partial charge in [0.05, 0.1) is 18.3 Å². The Bertz CT molecular complexity index is 558. The molecule has 17 heavy (non-hydrogen) atoms. The summed E-state index contributed by atoms with van der Waals surface area (Å²) in [6, 6.07) is 9.07. The van der Waals surface area contributed by atoms with E-state index in [0.717, 1.165) is 12.4 Å². The summed E-state index contributed by atoms with van der Waals surface area (Å²) in [4.78, 5) is 11.1. The van der Waals surface area contributed by atoms with Crippen molar-refractivity contribution in [2.45, 2.75) is 12.1 Å². The second-order valence-electron chi connectivity index (χ2n) is 4.45. The zero-order valence-corrected chi connectivity index (χ0v) is 9.24. The van der Waals surface area contributed by atoms with Crippen molar-refractivity contribution in [3.05, 3.63) is 42.2 Å².